The summed E-state index contributed by atoms with van der Waals surface area (Å²) in [5.41, 5.74) is 2.35. The molecule has 5 heteroatoms. The van der Waals surface area contributed by atoms with E-state index in [9.17, 15) is 14.4 Å². The van der Waals surface area contributed by atoms with E-state index in [1.165, 1.54) is 0 Å². The zero-order valence-electron chi connectivity index (χ0n) is 16.1. The zero-order valence-corrected chi connectivity index (χ0v) is 16.1. The van der Waals surface area contributed by atoms with Crippen molar-refractivity contribution in [2.24, 2.45) is 0 Å². The summed E-state index contributed by atoms with van der Waals surface area (Å²) in [5, 5.41) is 0. The van der Waals surface area contributed by atoms with Crippen molar-refractivity contribution in [3.8, 4) is 0 Å². The minimum Gasteiger partial charge on any atom is -0.377 e. The fourth-order valence-corrected chi connectivity index (χ4v) is 3.36. The van der Waals surface area contributed by atoms with Crippen LogP contribution in [0.1, 0.15) is 45.5 Å². The molecule has 1 aliphatic rings. The second-order valence-electron chi connectivity index (χ2n) is 7.10. The fourth-order valence-electron chi connectivity index (χ4n) is 3.36. The van der Waals surface area contributed by atoms with Crippen LogP contribution in [0.5, 0.6) is 0 Å². The first-order valence-electron chi connectivity index (χ1n) is 9.60. The van der Waals surface area contributed by atoms with Crippen LogP contribution >= 0.6 is 0 Å². The van der Waals surface area contributed by atoms with E-state index in [1.54, 1.807) is 29.2 Å². The maximum atomic E-state index is 12.7. The molecule has 1 atom stereocenters. The van der Waals surface area contributed by atoms with Crippen LogP contribution in [0.3, 0.4) is 0 Å². The van der Waals surface area contributed by atoms with Gasteiger partial charge in [-0.2, -0.15) is 0 Å². The summed E-state index contributed by atoms with van der Waals surface area (Å²) >= 11 is 0. The third-order valence-corrected chi connectivity index (χ3v) is 5.00. The van der Waals surface area contributed by atoms with Crippen LogP contribution in [0.15, 0.2) is 54.6 Å². The first-order chi connectivity index (χ1) is 13.5. The van der Waals surface area contributed by atoms with Crippen molar-refractivity contribution in [1.29, 1.82) is 0 Å². The number of nitrogens with zero attached hydrogens (tertiary/aromatic N) is 1. The van der Waals surface area contributed by atoms with E-state index in [1.807, 2.05) is 37.3 Å². The minimum absolute atomic E-state index is 0.00960. The normalized spacial score (nSPS) is 16.6. The van der Waals surface area contributed by atoms with Gasteiger partial charge in [-0.1, -0.05) is 60.2 Å². The molecule has 2 aromatic carbocycles. The third-order valence-electron chi connectivity index (χ3n) is 5.00. The van der Waals surface area contributed by atoms with Gasteiger partial charge < -0.3 is 9.64 Å². The summed E-state index contributed by atoms with van der Waals surface area (Å²) < 4.78 is 5.49. The predicted octanol–water partition coefficient (Wildman–Crippen LogP) is 3.46. The van der Waals surface area contributed by atoms with Crippen molar-refractivity contribution in [3.05, 3.63) is 71.3 Å². The number of rotatable bonds is 7. The summed E-state index contributed by atoms with van der Waals surface area (Å²) in [6.45, 7) is 3.21. The molecule has 2 aromatic rings. The summed E-state index contributed by atoms with van der Waals surface area (Å²) in [6.07, 6.45) is 0.531. The van der Waals surface area contributed by atoms with Gasteiger partial charge in [-0.15, -0.1) is 0 Å². The van der Waals surface area contributed by atoms with Crippen molar-refractivity contribution in [2.45, 2.75) is 32.2 Å². The summed E-state index contributed by atoms with van der Waals surface area (Å²) in [6, 6.07) is 16.1. The van der Waals surface area contributed by atoms with Gasteiger partial charge in [0.05, 0.1) is 19.3 Å². The maximum absolute atomic E-state index is 12.7. The predicted molar refractivity (Wildman–Crippen MR) is 106 cm³/mol. The van der Waals surface area contributed by atoms with E-state index in [0.717, 1.165) is 5.56 Å². The topological polar surface area (TPSA) is 63.7 Å². The van der Waals surface area contributed by atoms with Crippen LogP contribution in [0, 0.1) is 6.92 Å². The fraction of sp³-hybridized carbons (Fsp3) is 0.348. The molecule has 28 heavy (non-hydrogen) atoms. The monoisotopic (exact) mass is 379 g/mol. The second-order valence-corrected chi connectivity index (χ2v) is 7.10. The van der Waals surface area contributed by atoms with Gasteiger partial charge in [0.1, 0.15) is 0 Å². The molecule has 0 N–H and O–H groups in total. The zero-order chi connectivity index (χ0) is 19.9. The Morgan fingerprint density at radius 1 is 0.929 bits per heavy atom. The third kappa shape index (κ3) is 5.14. The van der Waals surface area contributed by atoms with Crippen LogP contribution in [-0.4, -0.2) is 48.2 Å². The smallest absolute Gasteiger partial charge is 0.223 e. The lowest BCUT2D eigenvalue weighted by atomic mass is 10.0. The van der Waals surface area contributed by atoms with Gasteiger partial charge in [0, 0.05) is 36.9 Å². The largest absolute Gasteiger partial charge is 0.377 e. The van der Waals surface area contributed by atoms with Crippen molar-refractivity contribution < 1.29 is 19.1 Å². The SMILES string of the molecule is Cc1ccc(C(=O)CCC(=O)N2CCOC[C@@H]2CC(=O)c2ccccc2)cc1. The molecule has 0 radical (unpaired) electrons. The van der Waals surface area contributed by atoms with Crippen LogP contribution in [0.4, 0.5) is 0 Å². The number of ether oxygens (including phenoxy) is 1. The summed E-state index contributed by atoms with van der Waals surface area (Å²) in [7, 11) is 0. The molecule has 1 fully saturated rings. The first kappa shape index (κ1) is 20.0. The van der Waals surface area contributed by atoms with Crippen molar-refractivity contribution in [2.75, 3.05) is 19.8 Å². The molecule has 0 aromatic heterocycles. The van der Waals surface area contributed by atoms with Crippen LogP contribution in [-0.2, 0) is 9.53 Å². The van der Waals surface area contributed by atoms with Gasteiger partial charge in [0.15, 0.2) is 11.6 Å². The van der Waals surface area contributed by atoms with Gasteiger partial charge in [0.25, 0.3) is 0 Å². The molecule has 1 aliphatic heterocycles. The van der Waals surface area contributed by atoms with E-state index < -0.39 is 0 Å². The number of aryl methyl sites for hydroxylation is 1. The van der Waals surface area contributed by atoms with Crippen molar-refractivity contribution in [1.82, 2.24) is 4.90 Å². The van der Waals surface area contributed by atoms with Crippen molar-refractivity contribution >= 4 is 17.5 Å². The first-order valence-corrected chi connectivity index (χ1v) is 9.60. The number of Topliss-reactive ketones (excluding diaryl/α,β-unsaturated/α-hetero) is 2. The van der Waals surface area contributed by atoms with Gasteiger partial charge in [-0.3, -0.25) is 14.4 Å². The molecule has 1 amide bonds. The Morgan fingerprint density at radius 2 is 1.61 bits per heavy atom. The Hall–Kier alpha value is -2.79. The average Bonchev–Trinajstić information content (AvgIpc) is 2.73. The highest BCUT2D eigenvalue weighted by Gasteiger charge is 2.29. The number of benzene rings is 2. The Labute approximate surface area is 165 Å². The molecular formula is C23H25NO4. The highest BCUT2D eigenvalue weighted by Crippen LogP contribution is 2.17. The number of ketones is 2. The quantitative estimate of drug-likeness (QED) is 0.691. The van der Waals surface area contributed by atoms with E-state index in [0.29, 0.717) is 30.9 Å². The Balaban J connectivity index is 1.58. The Bertz CT molecular complexity index is 829. The maximum Gasteiger partial charge on any atom is 0.223 e. The standard InChI is InChI=1S/C23H25NO4/c1-17-7-9-19(10-8-17)21(25)11-12-23(27)24-13-14-28-16-20(24)15-22(26)18-5-3-2-4-6-18/h2-10,20H,11-16H2,1H3/t20-/m0/s1. The highest BCUT2D eigenvalue weighted by atomic mass is 16.5. The second kappa shape index (κ2) is 9.42. The Morgan fingerprint density at radius 3 is 2.32 bits per heavy atom. The molecule has 1 heterocycles. The van der Waals surface area contributed by atoms with E-state index in [4.69, 9.17) is 4.74 Å². The van der Waals surface area contributed by atoms with Crippen LogP contribution in [0.25, 0.3) is 0 Å². The average molecular weight is 379 g/mol. The van der Waals surface area contributed by atoms with Gasteiger partial charge >= 0.3 is 0 Å². The molecule has 0 unspecified atom stereocenters. The van der Waals surface area contributed by atoms with Gasteiger partial charge in [-0.25, -0.2) is 0 Å². The molecule has 0 bridgehead atoms. The Kier molecular flexibility index (Phi) is 6.71. The molecule has 146 valence electrons. The minimum atomic E-state index is -0.288. The lowest BCUT2D eigenvalue weighted by Crippen LogP contribution is -2.49. The van der Waals surface area contributed by atoms with Crippen molar-refractivity contribution in [3.63, 3.8) is 0 Å². The number of carbonyl (C=O) groups excluding carboxylic acids is 3. The number of hydrogen-bond acceptors (Lipinski definition) is 4. The van der Waals surface area contributed by atoms with E-state index in [2.05, 4.69) is 0 Å². The molecular weight excluding hydrogens is 354 g/mol. The van der Waals surface area contributed by atoms with Crippen LogP contribution in [0.2, 0.25) is 0 Å². The number of hydrogen-bond donors (Lipinski definition) is 0. The van der Waals surface area contributed by atoms with E-state index >= 15 is 0 Å². The molecule has 1 saturated heterocycles. The summed E-state index contributed by atoms with van der Waals surface area (Å²) in [5.74, 6) is -0.155. The number of carbonyl (C=O) groups is 3. The lowest BCUT2D eigenvalue weighted by Gasteiger charge is -2.35. The molecule has 0 spiro atoms. The molecule has 5 nitrogen and oxygen atoms in total. The molecule has 0 aliphatic carbocycles. The summed E-state index contributed by atoms with van der Waals surface area (Å²) in [4.78, 5) is 39.3. The number of morpholine rings is 1. The van der Waals surface area contributed by atoms with Gasteiger partial charge in [0.2, 0.25) is 5.91 Å². The lowest BCUT2D eigenvalue weighted by molar-refractivity contribution is -0.139. The van der Waals surface area contributed by atoms with E-state index in [-0.39, 0.29) is 42.8 Å². The molecule has 3 rings (SSSR count). The molecule has 0 saturated carbocycles. The number of amides is 1. The van der Waals surface area contributed by atoms with Crippen LogP contribution < -0.4 is 0 Å². The van der Waals surface area contributed by atoms with Gasteiger partial charge in [-0.05, 0) is 6.92 Å². The highest BCUT2D eigenvalue weighted by molar-refractivity contribution is 5.98.